The number of aryl methyl sites for hydroxylation is 1. The van der Waals surface area contributed by atoms with Crippen LogP contribution in [0.25, 0.3) is 0 Å². The highest BCUT2D eigenvalue weighted by atomic mass is 35.5. The zero-order valence-corrected chi connectivity index (χ0v) is 20.0. The van der Waals surface area contributed by atoms with Crippen LogP contribution in [0.5, 0.6) is 5.75 Å². The van der Waals surface area contributed by atoms with Gasteiger partial charge in [-0.25, -0.2) is 0 Å². The minimum atomic E-state index is -0.682. The second-order valence-corrected chi connectivity index (χ2v) is 8.41. The summed E-state index contributed by atoms with van der Waals surface area (Å²) >= 11 is 12.3. The van der Waals surface area contributed by atoms with Gasteiger partial charge >= 0.3 is 0 Å². The molecule has 1 N–H and O–H groups in total. The van der Waals surface area contributed by atoms with Gasteiger partial charge in [0, 0.05) is 23.1 Å². The molecule has 2 amide bonds. The lowest BCUT2D eigenvalue weighted by molar-refractivity contribution is -0.142. The molecule has 0 heterocycles. The number of carbonyl (C=O) groups excluding carboxylic acids is 2. The van der Waals surface area contributed by atoms with Gasteiger partial charge < -0.3 is 15.0 Å². The van der Waals surface area contributed by atoms with E-state index in [2.05, 4.69) is 12.2 Å². The van der Waals surface area contributed by atoms with Crippen LogP contribution >= 0.6 is 23.2 Å². The molecule has 0 fully saturated rings. The number of hydrogen-bond donors (Lipinski definition) is 1. The number of carbonyl (C=O) groups is 2. The normalized spacial score (nSPS) is 11.7. The van der Waals surface area contributed by atoms with Gasteiger partial charge in [0.2, 0.25) is 5.91 Å². The zero-order chi connectivity index (χ0) is 23.0. The van der Waals surface area contributed by atoms with E-state index in [4.69, 9.17) is 27.9 Å². The molecule has 0 aliphatic rings. The average Bonchev–Trinajstić information content (AvgIpc) is 2.73. The fraction of sp³-hybridized carbons (Fsp3) is 0.417. The lowest BCUT2D eigenvalue weighted by Crippen LogP contribution is -2.49. The molecule has 0 radical (unpaired) electrons. The summed E-state index contributed by atoms with van der Waals surface area (Å²) in [4.78, 5) is 27.3. The average molecular weight is 465 g/mol. The standard InChI is InChI=1S/C24H30Cl2N2O3/c1-5-6-12-27-24(30)18(4)28(14-19-10-11-20(25)13-21(19)26)23(29)15-31-22-9-7-8-16(2)17(22)3/h7-11,13,18H,5-6,12,14-15H2,1-4H3,(H,27,30). The van der Waals surface area contributed by atoms with E-state index in [0.29, 0.717) is 27.9 Å². The SMILES string of the molecule is CCCCNC(=O)C(C)N(Cc1ccc(Cl)cc1Cl)C(=O)COc1cccc(C)c1C. The number of rotatable bonds is 10. The number of amides is 2. The molecule has 0 aliphatic heterocycles. The Labute approximate surface area is 194 Å². The van der Waals surface area contributed by atoms with E-state index in [1.165, 1.54) is 4.90 Å². The van der Waals surface area contributed by atoms with Gasteiger partial charge in [-0.1, -0.05) is 54.7 Å². The first-order chi connectivity index (χ1) is 14.7. The van der Waals surface area contributed by atoms with E-state index in [9.17, 15) is 9.59 Å². The Hall–Kier alpha value is -2.24. The molecule has 2 aromatic carbocycles. The van der Waals surface area contributed by atoms with Crippen molar-refractivity contribution in [2.75, 3.05) is 13.2 Å². The summed E-state index contributed by atoms with van der Waals surface area (Å²) in [6.45, 7) is 8.27. The molecule has 1 atom stereocenters. The van der Waals surface area contributed by atoms with E-state index < -0.39 is 6.04 Å². The van der Waals surface area contributed by atoms with Crippen LogP contribution in [0.1, 0.15) is 43.4 Å². The maximum absolute atomic E-state index is 13.1. The third-order valence-corrected chi connectivity index (χ3v) is 5.85. The molecule has 0 spiro atoms. The summed E-state index contributed by atoms with van der Waals surface area (Å²) in [7, 11) is 0. The van der Waals surface area contributed by atoms with Crippen molar-refractivity contribution < 1.29 is 14.3 Å². The molecule has 2 rings (SSSR count). The van der Waals surface area contributed by atoms with Gasteiger partial charge in [0.05, 0.1) is 0 Å². The molecule has 2 aromatic rings. The van der Waals surface area contributed by atoms with Crippen LogP contribution in [0.3, 0.4) is 0 Å². The number of unbranched alkanes of at least 4 members (excludes halogenated alkanes) is 1. The molecule has 0 saturated carbocycles. The van der Waals surface area contributed by atoms with Crippen LogP contribution in [-0.2, 0) is 16.1 Å². The van der Waals surface area contributed by atoms with Crippen LogP contribution in [0.4, 0.5) is 0 Å². The second kappa shape index (κ2) is 12.0. The summed E-state index contributed by atoms with van der Waals surface area (Å²) in [5.41, 5.74) is 2.77. The van der Waals surface area contributed by atoms with Gasteiger partial charge in [0.1, 0.15) is 11.8 Å². The summed E-state index contributed by atoms with van der Waals surface area (Å²) in [6.07, 6.45) is 1.85. The Morgan fingerprint density at radius 3 is 2.58 bits per heavy atom. The smallest absolute Gasteiger partial charge is 0.261 e. The number of halogens is 2. The highest BCUT2D eigenvalue weighted by molar-refractivity contribution is 6.35. The van der Waals surface area contributed by atoms with Gasteiger partial charge in [-0.3, -0.25) is 9.59 Å². The maximum atomic E-state index is 13.1. The fourth-order valence-corrected chi connectivity index (χ4v) is 3.52. The second-order valence-electron chi connectivity index (χ2n) is 7.56. The topological polar surface area (TPSA) is 58.6 Å². The van der Waals surface area contributed by atoms with E-state index in [1.807, 2.05) is 32.0 Å². The predicted octanol–water partition coefficient (Wildman–Crippen LogP) is 5.32. The summed E-state index contributed by atoms with van der Waals surface area (Å²) in [5, 5.41) is 3.84. The summed E-state index contributed by atoms with van der Waals surface area (Å²) < 4.78 is 5.80. The third kappa shape index (κ3) is 7.15. The number of hydrogen-bond acceptors (Lipinski definition) is 3. The van der Waals surface area contributed by atoms with Gasteiger partial charge in [0.25, 0.3) is 5.91 Å². The van der Waals surface area contributed by atoms with Crippen molar-refractivity contribution in [3.63, 3.8) is 0 Å². The number of ether oxygens (including phenoxy) is 1. The molecule has 0 aliphatic carbocycles. The first-order valence-electron chi connectivity index (χ1n) is 10.4. The molecule has 1 unspecified atom stereocenters. The molecule has 7 heteroatoms. The molecule has 5 nitrogen and oxygen atoms in total. The molecule has 31 heavy (non-hydrogen) atoms. The number of nitrogens with zero attached hydrogens (tertiary/aromatic N) is 1. The van der Waals surface area contributed by atoms with Gasteiger partial charge in [-0.2, -0.15) is 0 Å². The van der Waals surface area contributed by atoms with E-state index >= 15 is 0 Å². The maximum Gasteiger partial charge on any atom is 0.261 e. The van der Waals surface area contributed by atoms with Crippen LogP contribution in [0, 0.1) is 13.8 Å². The number of nitrogens with one attached hydrogen (secondary N) is 1. The van der Waals surface area contributed by atoms with Gasteiger partial charge in [-0.15, -0.1) is 0 Å². The predicted molar refractivity (Wildman–Crippen MR) is 126 cm³/mol. The molecule has 0 saturated heterocycles. The van der Waals surface area contributed by atoms with Gasteiger partial charge in [0.15, 0.2) is 6.61 Å². The highest BCUT2D eigenvalue weighted by Gasteiger charge is 2.27. The monoisotopic (exact) mass is 464 g/mol. The Bertz CT molecular complexity index is 918. The molecule has 168 valence electrons. The Kier molecular flexibility index (Phi) is 9.66. The minimum Gasteiger partial charge on any atom is -0.483 e. The number of benzene rings is 2. The largest absolute Gasteiger partial charge is 0.483 e. The zero-order valence-electron chi connectivity index (χ0n) is 18.5. The lowest BCUT2D eigenvalue weighted by Gasteiger charge is -2.29. The van der Waals surface area contributed by atoms with Crippen molar-refractivity contribution in [1.82, 2.24) is 10.2 Å². The van der Waals surface area contributed by atoms with Crippen molar-refractivity contribution in [3.05, 3.63) is 63.1 Å². The first-order valence-corrected chi connectivity index (χ1v) is 11.2. The summed E-state index contributed by atoms with van der Waals surface area (Å²) in [6, 6.07) is 10.1. The highest BCUT2D eigenvalue weighted by Crippen LogP contribution is 2.24. The van der Waals surface area contributed by atoms with Crippen molar-refractivity contribution in [3.8, 4) is 5.75 Å². The van der Waals surface area contributed by atoms with Crippen molar-refractivity contribution in [1.29, 1.82) is 0 Å². The van der Waals surface area contributed by atoms with Crippen molar-refractivity contribution in [2.45, 2.75) is 53.1 Å². The van der Waals surface area contributed by atoms with Crippen LogP contribution in [0.15, 0.2) is 36.4 Å². The molecule has 0 aromatic heterocycles. The molecular formula is C24H30Cl2N2O3. The van der Waals surface area contributed by atoms with Crippen LogP contribution in [-0.4, -0.2) is 35.9 Å². The third-order valence-electron chi connectivity index (χ3n) is 5.26. The molecule has 0 bridgehead atoms. The quantitative estimate of drug-likeness (QED) is 0.483. The van der Waals surface area contributed by atoms with E-state index in [-0.39, 0.29) is 25.0 Å². The van der Waals surface area contributed by atoms with E-state index in [1.54, 1.807) is 25.1 Å². The Morgan fingerprint density at radius 2 is 1.90 bits per heavy atom. The molecular weight excluding hydrogens is 435 g/mol. The van der Waals surface area contributed by atoms with E-state index in [0.717, 1.165) is 24.0 Å². The summed E-state index contributed by atoms with van der Waals surface area (Å²) in [5.74, 6) is 0.140. The lowest BCUT2D eigenvalue weighted by atomic mass is 10.1. The van der Waals surface area contributed by atoms with Crippen molar-refractivity contribution in [2.24, 2.45) is 0 Å². The van der Waals surface area contributed by atoms with Crippen LogP contribution < -0.4 is 10.1 Å². The Morgan fingerprint density at radius 1 is 1.16 bits per heavy atom. The van der Waals surface area contributed by atoms with Gasteiger partial charge in [-0.05, 0) is 62.1 Å². The fourth-order valence-electron chi connectivity index (χ4n) is 3.06. The minimum absolute atomic E-state index is 0.174. The van der Waals surface area contributed by atoms with Crippen molar-refractivity contribution >= 4 is 35.0 Å². The van der Waals surface area contributed by atoms with Crippen LogP contribution in [0.2, 0.25) is 10.0 Å². The first kappa shape index (κ1) is 25.0. The Balaban J connectivity index is 2.19.